The van der Waals surface area contributed by atoms with Crippen LogP contribution in [0.2, 0.25) is 0 Å². The van der Waals surface area contributed by atoms with Crippen LogP contribution in [0, 0.1) is 5.92 Å². The largest absolute Gasteiger partial charge is 0.496 e. The lowest BCUT2D eigenvalue weighted by Gasteiger charge is -2.18. The zero-order valence-electron chi connectivity index (χ0n) is 7.84. The summed E-state index contributed by atoms with van der Waals surface area (Å²) in [6, 6.07) is 0.201. The molecule has 1 aliphatic rings. The molecule has 0 bridgehead atoms. The fraction of sp³-hybridized carbons (Fsp3) is 0.778. The van der Waals surface area contributed by atoms with Crippen LogP contribution in [0.15, 0.2) is 11.8 Å². The van der Waals surface area contributed by atoms with Crippen LogP contribution in [0.25, 0.3) is 0 Å². The Balaban J connectivity index is 2.43. The molecule has 1 heterocycles. The summed E-state index contributed by atoms with van der Waals surface area (Å²) in [6.07, 6.45) is 4.17. The molecule has 3 heteroatoms. The Morgan fingerprint density at radius 1 is 1.67 bits per heavy atom. The first-order valence-electron chi connectivity index (χ1n) is 4.53. The Morgan fingerprint density at radius 3 is 2.83 bits per heavy atom. The van der Waals surface area contributed by atoms with Gasteiger partial charge in [-0.3, -0.25) is 5.84 Å². The van der Waals surface area contributed by atoms with Crippen LogP contribution >= 0.6 is 0 Å². The van der Waals surface area contributed by atoms with E-state index >= 15 is 0 Å². The van der Waals surface area contributed by atoms with E-state index in [4.69, 9.17) is 10.6 Å². The van der Waals surface area contributed by atoms with Crippen molar-refractivity contribution in [1.29, 1.82) is 0 Å². The Morgan fingerprint density at radius 2 is 2.42 bits per heavy atom. The van der Waals surface area contributed by atoms with E-state index in [2.05, 4.69) is 25.3 Å². The molecule has 70 valence electrons. The van der Waals surface area contributed by atoms with Crippen molar-refractivity contribution in [1.82, 2.24) is 5.43 Å². The molecule has 1 rings (SSSR count). The summed E-state index contributed by atoms with van der Waals surface area (Å²) in [5.74, 6) is 7.09. The highest BCUT2D eigenvalue weighted by atomic mass is 16.5. The smallest absolute Gasteiger partial charge is 0.110 e. The van der Waals surface area contributed by atoms with Crippen molar-refractivity contribution in [3.8, 4) is 0 Å². The number of hydrazine groups is 1. The van der Waals surface area contributed by atoms with Gasteiger partial charge in [-0.25, -0.2) is 5.43 Å². The minimum absolute atomic E-state index is 0.201. The normalized spacial score (nSPS) is 19.2. The molecule has 1 aliphatic heterocycles. The second kappa shape index (κ2) is 4.48. The van der Waals surface area contributed by atoms with E-state index in [1.807, 2.05) is 0 Å². The number of nitrogens with two attached hydrogens (primary N) is 1. The highest BCUT2D eigenvalue weighted by Crippen LogP contribution is 2.18. The molecule has 0 aromatic rings. The summed E-state index contributed by atoms with van der Waals surface area (Å²) in [4.78, 5) is 0. The van der Waals surface area contributed by atoms with Crippen LogP contribution in [-0.4, -0.2) is 12.6 Å². The van der Waals surface area contributed by atoms with Gasteiger partial charge in [0.2, 0.25) is 0 Å². The maximum atomic E-state index is 5.43. The van der Waals surface area contributed by atoms with Gasteiger partial charge < -0.3 is 4.74 Å². The SMILES string of the molecule is CC(C)CC(NN)C1=CCCO1. The first-order valence-corrected chi connectivity index (χ1v) is 4.53. The average molecular weight is 170 g/mol. The van der Waals surface area contributed by atoms with Crippen molar-refractivity contribution in [2.24, 2.45) is 11.8 Å². The van der Waals surface area contributed by atoms with Gasteiger partial charge in [-0.05, 0) is 18.4 Å². The number of ether oxygens (including phenoxy) is 1. The van der Waals surface area contributed by atoms with Crippen LogP contribution < -0.4 is 11.3 Å². The molecule has 0 aliphatic carbocycles. The number of nitrogens with one attached hydrogen (secondary N) is 1. The highest BCUT2D eigenvalue weighted by Gasteiger charge is 2.18. The fourth-order valence-corrected chi connectivity index (χ4v) is 1.42. The summed E-state index contributed by atoms with van der Waals surface area (Å²) in [6.45, 7) is 5.17. The summed E-state index contributed by atoms with van der Waals surface area (Å²) in [7, 11) is 0. The number of hydrogen-bond acceptors (Lipinski definition) is 3. The Bertz CT molecular complexity index is 166. The predicted molar refractivity (Wildman–Crippen MR) is 49.2 cm³/mol. The summed E-state index contributed by atoms with van der Waals surface area (Å²) >= 11 is 0. The quantitative estimate of drug-likeness (QED) is 0.492. The van der Waals surface area contributed by atoms with Gasteiger partial charge >= 0.3 is 0 Å². The third-order valence-electron chi connectivity index (χ3n) is 1.98. The number of hydrogen-bond donors (Lipinski definition) is 2. The Hall–Kier alpha value is -0.540. The third-order valence-corrected chi connectivity index (χ3v) is 1.98. The number of rotatable bonds is 4. The zero-order valence-corrected chi connectivity index (χ0v) is 7.84. The second-order valence-electron chi connectivity index (χ2n) is 3.59. The minimum Gasteiger partial charge on any atom is -0.496 e. The molecule has 1 unspecified atom stereocenters. The standard InChI is InChI=1S/C9H18N2O/c1-7(2)6-8(11-10)9-4-3-5-12-9/h4,7-8,11H,3,5-6,10H2,1-2H3. The van der Waals surface area contributed by atoms with E-state index in [-0.39, 0.29) is 6.04 Å². The van der Waals surface area contributed by atoms with Crippen LogP contribution in [0.1, 0.15) is 26.7 Å². The van der Waals surface area contributed by atoms with Crippen LogP contribution in [0.3, 0.4) is 0 Å². The van der Waals surface area contributed by atoms with Gasteiger partial charge in [-0.1, -0.05) is 13.8 Å². The van der Waals surface area contributed by atoms with E-state index in [0.29, 0.717) is 5.92 Å². The fourth-order valence-electron chi connectivity index (χ4n) is 1.42. The van der Waals surface area contributed by atoms with E-state index in [0.717, 1.165) is 25.2 Å². The summed E-state index contributed by atoms with van der Waals surface area (Å²) < 4.78 is 5.43. The van der Waals surface area contributed by atoms with Crippen molar-refractivity contribution < 1.29 is 4.74 Å². The first-order chi connectivity index (χ1) is 5.74. The Labute approximate surface area is 73.9 Å². The lowest BCUT2D eigenvalue weighted by atomic mass is 10.0. The van der Waals surface area contributed by atoms with Crippen molar-refractivity contribution in [2.45, 2.75) is 32.7 Å². The maximum absolute atomic E-state index is 5.43. The molecule has 3 N–H and O–H groups in total. The van der Waals surface area contributed by atoms with Crippen LogP contribution in [-0.2, 0) is 4.74 Å². The van der Waals surface area contributed by atoms with Crippen molar-refractivity contribution in [3.63, 3.8) is 0 Å². The monoisotopic (exact) mass is 170 g/mol. The zero-order chi connectivity index (χ0) is 8.97. The van der Waals surface area contributed by atoms with Gasteiger partial charge in [-0.2, -0.15) is 0 Å². The average Bonchev–Trinajstić information content (AvgIpc) is 2.51. The van der Waals surface area contributed by atoms with Crippen LogP contribution in [0.4, 0.5) is 0 Å². The molecule has 0 aromatic heterocycles. The lowest BCUT2D eigenvalue weighted by molar-refractivity contribution is 0.207. The summed E-state index contributed by atoms with van der Waals surface area (Å²) in [5.41, 5.74) is 2.78. The molecule has 0 aromatic carbocycles. The second-order valence-corrected chi connectivity index (χ2v) is 3.59. The highest BCUT2D eigenvalue weighted by molar-refractivity contribution is 5.06. The molecule has 3 nitrogen and oxygen atoms in total. The van der Waals surface area contributed by atoms with E-state index in [1.165, 1.54) is 0 Å². The first kappa shape index (κ1) is 9.55. The molecule has 0 saturated heterocycles. The Kier molecular flexibility index (Phi) is 3.56. The maximum Gasteiger partial charge on any atom is 0.110 e. The minimum atomic E-state index is 0.201. The van der Waals surface area contributed by atoms with Gasteiger partial charge in [0.05, 0.1) is 12.6 Å². The van der Waals surface area contributed by atoms with Gasteiger partial charge in [0.25, 0.3) is 0 Å². The molecule has 1 atom stereocenters. The molecular formula is C9H18N2O. The molecule has 0 spiro atoms. The molecular weight excluding hydrogens is 152 g/mol. The van der Waals surface area contributed by atoms with Gasteiger partial charge in [0.15, 0.2) is 0 Å². The van der Waals surface area contributed by atoms with Gasteiger partial charge in [-0.15, -0.1) is 0 Å². The summed E-state index contributed by atoms with van der Waals surface area (Å²) in [5, 5.41) is 0. The van der Waals surface area contributed by atoms with Crippen molar-refractivity contribution in [2.75, 3.05) is 6.61 Å². The molecule has 0 fully saturated rings. The van der Waals surface area contributed by atoms with E-state index < -0.39 is 0 Å². The lowest BCUT2D eigenvalue weighted by Crippen LogP contribution is -2.37. The molecule has 0 radical (unpaired) electrons. The van der Waals surface area contributed by atoms with Crippen molar-refractivity contribution in [3.05, 3.63) is 11.8 Å². The van der Waals surface area contributed by atoms with Gasteiger partial charge in [0, 0.05) is 6.42 Å². The molecule has 0 saturated carbocycles. The van der Waals surface area contributed by atoms with E-state index in [9.17, 15) is 0 Å². The van der Waals surface area contributed by atoms with Crippen molar-refractivity contribution >= 4 is 0 Å². The van der Waals surface area contributed by atoms with Crippen LogP contribution in [0.5, 0.6) is 0 Å². The molecule has 0 amide bonds. The van der Waals surface area contributed by atoms with E-state index in [1.54, 1.807) is 0 Å². The topological polar surface area (TPSA) is 47.3 Å². The van der Waals surface area contributed by atoms with Gasteiger partial charge in [0.1, 0.15) is 5.76 Å². The third kappa shape index (κ3) is 2.50. The molecule has 12 heavy (non-hydrogen) atoms. The predicted octanol–water partition coefficient (Wildman–Crippen LogP) is 1.17.